The number of amides is 2. The van der Waals surface area contributed by atoms with Crippen LogP contribution in [0.1, 0.15) is 16.1 Å². The molecule has 29 heavy (non-hydrogen) atoms. The molecule has 0 saturated heterocycles. The van der Waals surface area contributed by atoms with E-state index < -0.39 is 41.5 Å². The number of benzene rings is 2. The van der Waals surface area contributed by atoms with Gasteiger partial charge in [-0.25, -0.2) is 13.2 Å². The van der Waals surface area contributed by atoms with Crippen LogP contribution in [0.4, 0.5) is 18.9 Å². The Bertz CT molecular complexity index is 1110. The van der Waals surface area contributed by atoms with Crippen LogP contribution < -0.4 is 10.1 Å². The lowest BCUT2D eigenvalue weighted by molar-refractivity contribution is -0.116. The van der Waals surface area contributed by atoms with E-state index >= 15 is 0 Å². The van der Waals surface area contributed by atoms with Gasteiger partial charge in [-0.1, -0.05) is 0 Å². The van der Waals surface area contributed by atoms with Gasteiger partial charge in [0.25, 0.3) is 5.91 Å². The van der Waals surface area contributed by atoms with Crippen LogP contribution in [0.3, 0.4) is 0 Å². The number of aryl methyl sites for hydroxylation is 1. The molecule has 152 valence electrons. The second-order valence-corrected chi connectivity index (χ2v) is 6.35. The van der Waals surface area contributed by atoms with E-state index in [-0.39, 0.29) is 5.76 Å². The molecule has 9 heteroatoms. The predicted molar refractivity (Wildman–Crippen MR) is 99.4 cm³/mol. The third-order valence-electron chi connectivity index (χ3n) is 4.37. The maximum Gasteiger partial charge on any atom is 0.290 e. The highest BCUT2D eigenvalue weighted by atomic mass is 19.2. The standard InChI is InChI=1S/C20H17F3N2O4/c1-10-12-8-11(28-3)4-7-15(12)29-19(10)20(27)25(2)9-16(26)24-14-6-5-13(21)17(22)18(14)23/h4-8H,9H2,1-3H3,(H,24,26). The van der Waals surface area contributed by atoms with Gasteiger partial charge < -0.3 is 19.4 Å². The lowest BCUT2D eigenvalue weighted by atomic mass is 10.1. The zero-order valence-electron chi connectivity index (χ0n) is 15.8. The molecule has 3 aromatic rings. The molecular formula is C20H17F3N2O4. The number of halogens is 3. The van der Waals surface area contributed by atoms with E-state index in [2.05, 4.69) is 5.32 Å². The minimum atomic E-state index is -1.69. The van der Waals surface area contributed by atoms with Crippen LogP contribution in [0, 0.1) is 24.4 Å². The molecule has 2 aromatic carbocycles. The quantitative estimate of drug-likeness (QED) is 0.653. The molecule has 0 bridgehead atoms. The van der Waals surface area contributed by atoms with Crippen molar-refractivity contribution >= 4 is 28.5 Å². The van der Waals surface area contributed by atoms with Crippen molar-refractivity contribution in [3.63, 3.8) is 0 Å². The van der Waals surface area contributed by atoms with Gasteiger partial charge in [0.05, 0.1) is 19.3 Å². The molecule has 0 radical (unpaired) electrons. The van der Waals surface area contributed by atoms with Crippen molar-refractivity contribution in [1.29, 1.82) is 0 Å². The first kappa shape index (κ1) is 20.2. The molecule has 1 N–H and O–H groups in total. The third kappa shape index (κ3) is 3.89. The van der Waals surface area contributed by atoms with Crippen molar-refractivity contribution in [3.05, 3.63) is 59.1 Å². The van der Waals surface area contributed by atoms with Crippen LogP contribution in [0.15, 0.2) is 34.7 Å². The molecule has 0 atom stereocenters. The highest BCUT2D eigenvalue weighted by Gasteiger charge is 2.23. The number of carbonyl (C=O) groups is 2. The highest BCUT2D eigenvalue weighted by molar-refractivity contribution is 6.01. The fourth-order valence-corrected chi connectivity index (χ4v) is 2.80. The van der Waals surface area contributed by atoms with Gasteiger partial charge in [-0.2, -0.15) is 0 Å². The minimum Gasteiger partial charge on any atom is -0.497 e. The summed E-state index contributed by atoms with van der Waals surface area (Å²) in [5.74, 6) is -5.30. The lowest BCUT2D eigenvalue weighted by Crippen LogP contribution is -2.35. The monoisotopic (exact) mass is 406 g/mol. The van der Waals surface area contributed by atoms with Gasteiger partial charge in [0.1, 0.15) is 11.3 Å². The summed E-state index contributed by atoms with van der Waals surface area (Å²) < 4.78 is 50.7. The van der Waals surface area contributed by atoms with Gasteiger partial charge in [-0.05, 0) is 37.3 Å². The van der Waals surface area contributed by atoms with Gasteiger partial charge >= 0.3 is 0 Å². The molecule has 2 amide bonds. The van der Waals surface area contributed by atoms with Gasteiger partial charge in [0.2, 0.25) is 5.91 Å². The summed E-state index contributed by atoms with van der Waals surface area (Å²) in [5, 5.41) is 2.80. The first-order chi connectivity index (χ1) is 13.7. The number of hydrogen-bond acceptors (Lipinski definition) is 4. The van der Waals surface area contributed by atoms with E-state index in [1.54, 1.807) is 25.1 Å². The molecule has 0 aliphatic carbocycles. The molecule has 1 heterocycles. The Labute approximate surface area is 163 Å². The zero-order valence-corrected chi connectivity index (χ0v) is 15.8. The van der Waals surface area contributed by atoms with Gasteiger partial charge in [-0.3, -0.25) is 9.59 Å². The molecule has 0 aliphatic rings. The van der Waals surface area contributed by atoms with E-state index in [9.17, 15) is 22.8 Å². The Morgan fingerprint density at radius 3 is 2.55 bits per heavy atom. The largest absolute Gasteiger partial charge is 0.497 e. The van der Waals surface area contributed by atoms with Crippen LogP contribution in [0.5, 0.6) is 5.75 Å². The van der Waals surface area contributed by atoms with Crippen LogP contribution in [-0.2, 0) is 4.79 Å². The summed E-state index contributed by atoms with van der Waals surface area (Å²) in [5.41, 5.74) is 0.526. The van der Waals surface area contributed by atoms with Crippen molar-refractivity contribution in [2.75, 3.05) is 26.0 Å². The van der Waals surface area contributed by atoms with Gasteiger partial charge in [0, 0.05) is 18.0 Å². The summed E-state index contributed by atoms with van der Waals surface area (Å²) >= 11 is 0. The number of anilines is 1. The van der Waals surface area contributed by atoms with E-state index in [0.717, 1.165) is 11.0 Å². The number of nitrogens with one attached hydrogen (secondary N) is 1. The summed E-state index contributed by atoms with van der Waals surface area (Å²) in [7, 11) is 2.88. The van der Waals surface area contributed by atoms with E-state index in [1.807, 2.05) is 0 Å². The second-order valence-electron chi connectivity index (χ2n) is 6.35. The van der Waals surface area contributed by atoms with Gasteiger partial charge in [-0.15, -0.1) is 0 Å². The first-order valence-electron chi connectivity index (χ1n) is 8.49. The summed E-state index contributed by atoms with van der Waals surface area (Å²) in [6, 6.07) is 6.66. The molecule has 6 nitrogen and oxygen atoms in total. The maximum atomic E-state index is 13.7. The number of carbonyl (C=O) groups excluding carboxylic acids is 2. The van der Waals surface area contributed by atoms with Gasteiger partial charge in [0.15, 0.2) is 23.2 Å². The van der Waals surface area contributed by atoms with E-state index in [1.165, 1.54) is 14.2 Å². The SMILES string of the molecule is COc1ccc2oc(C(=O)N(C)CC(=O)Nc3ccc(F)c(F)c3F)c(C)c2c1. The molecular weight excluding hydrogens is 389 g/mol. The summed E-state index contributed by atoms with van der Waals surface area (Å²) in [4.78, 5) is 25.9. The molecule has 1 aromatic heterocycles. The smallest absolute Gasteiger partial charge is 0.290 e. The van der Waals surface area contributed by atoms with Crippen molar-refractivity contribution in [1.82, 2.24) is 4.90 Å². The summed E-state index contributed by atoms with van der Waals surface area (Å²) in [6.45, 7) is 1.24. The van der Waals surface area contributed by atoms with Crippen LogP contribution in [0.25, 0.3) is 11.0 Å². The number of fused-ring (bicyclic) bond motifs is 1. The fourth-order valence-electron chi connectivity index (χ4n) is 2.80. The Hall–Kier alpha value is -3.49. The number of ether oxygens (including phenoxy) is 1. The second kappa shape index (κ2) is 7.86. The Kier molecular flexibility index (Phi) is 5.49. The average Bonchev–Trinajstić information content (AvgIpc) is 3.03. The number of methoxy groups -OCH3 is 1. The van der Waals surface area contributed by atoms with Crippen molar-refractivity contribution in [3.8, 4) is 5.75 Å². The van der Waals surface area contributed by atoms with Crippen LogP contribution in [0.2, 0.25) is 0 Å². The Morgan fingerprint density at radius 1 is 1.14 bits per heavy atom. The maximum absolute atomic E-state index is 13.7. The third-order valence-corrected chi connectivity index (χ3v) is 4.37. The molecule has 0 spiro atoms. The number of likely N-dealkylation sites (N-methyl/N-ethyl adjacent to an activating group) is 1. The fraction of sp³-hybridized carbons (Fsp3) is 0.200. The molecule has 0 saturated carbocycles. The first-order valence-corrected chi connectivity index (χ1v) is 8.49. The van der Waals surface area contributed by atoms with Crippen molar-refractivity contribution < 1.29 is 31.9 Å². The number of furan rings is 1. The Balaban J connectivity index is 1.75. The minimum absolute atomic E-state index is 0.0440. The number of nitrogens with zero attached hydrogens (tertiary/aromatic N) is 1. The predicted octanol–water partition coefficient (Wildman–Crippen LogP) is 3.88. The molecule has 0 fully saturated rings. The van der Waals surface area contributed by atoms with Crippen LogP contribution in [-0.4, -0.2) is 37.4 Å². The molecule has 0 aliphatic heterocycles. The zero-order chi connectivity index (χ0) is 21.3. The summed E-state index contributed by atoms with van der Waals surface area (Å²) in [6.07, 6.45) is 0. The molecule has 3 rings (SSSR count). The normalized spacial score (nSPS) is 10.8. The van der Waals surface area contributed by atoms with E-state index in [4.69, 9.17) is 9.15 Å². The topological polar surface area (TPSA) is 71.8 Å². The molecule has 0 unspecified atom stereocenters. The van der Waals surface area contributed by atoms with Crippen molar-refractivity contribution in [2.24, 2.45) is 0 Å². The Morgan fingerprint density at radius 2 is 1.86 bits per heavy atom. The number of rotatable bonds is 5. The van der Waals surface area contributed by atoms with Crippen molar-refractivity contribution in [2.45, 2.75) is 6.92 Å². The highest BCUT2D eigenvalue weighted by Crippen LogP contribution is 2.29. The number of hydrogen-bond donors (Lipinski definition) is 1. The lowest BCUT2D eigenvalue weighted by Gasteiger charge is -2.16. The van der Waals surface area contributed by atoms with E-state index in [0.29, 0.717) is 28.3 Å². The van der Waals surface area contributed by atoms with Crippen LogP contribution >= 0.6 is 0 Å². The average molecular weight is 406 g/mol.